The SMILES string of the molecule is COc1ccc(-n2cnc(-c3ccc(OC)c(F)c3)c2-c2cc(OC)c(OC)c(OC)c2)cc1. The molecule has 0 radical (unpaired) electrons. The minimum atomic E-state index is -0.477. The molecule has 0 spiro atoms. The number of ether oxygens (including phenoxy) is 5. The van der Waals surface area contributed by atoms with Crippen LogP contribution in [0.5, 0.6) is 28.7 Å². The van der Waals surface area contributed by atoms with E-state index in [1.54, 1.807) is 46.9 Å². The highest BCUT2D eigenvalue weighted by Crippen LogP contribution is 2.44. The summed E-state index contributed by atoms with van der Waals surface area (Å²) < 4.78 is 43.5. The summed E-state index contributed by atoms with van der Waals surface area (Å²) >= 11 is 0. The van der Waals surface area contributed by atoms with Gasteiger partial charge in [0.25, 0.3) is 0 Å². The van der Waals surface area contributed by atoms with Crippen molar-refractivity contribution in [3.05, 3.63) is 66.7 Å². The van der Waals surface area contributed by atoms with Crippen molar-refractivity contribution in [1.82, 2.24) is 9.55 Å². The van der Waals surface area contributed by atoms with Crippen LogP contribution >= 0.6 is 0 Å². The number of rotatable bonds is 8. The van der Waals surface area contributed by atoms with Gasteiger partial charge in [-0.1, -0.05) is 0 Å². The number of halogens is 1. The molecule has 0 fully saturated rings. The molecule has 0 bridgehead atoms. The third-order valence-electron chi connectivity index (χ3n) is 5.48. The topological polar surface area (TPSA) is 64.0 Å². The minimum absolute atomic E-state index is 0.160. The second-order valence-electron chi connectivity index (χ2n) is 7.27. The summed E-state index contributed by atoms with van der Waals surface area (Å²) in [6.07, 6.45) is 1.69. The molecule has 8 heteroatoms. The Bertz CT molecular complexity index is 1280. The molecule has 1 heterocycles. The molecule has 3 aromatic carbocycles. The van der Waals surface area contributed by atoms with Crippen LogP contribution < -0.4 is 23.7 Å². The zero-order valence-corrected chi connectivity index (χ0v) is 19.6. The van der Waals surface area contributed by atoms with Crippen LogP contribution in [0.25, 0.3) is 28.2 Å². The molecule has 0 saturated carbocycles. The Morgan fingerprint density at radius 2 is 1.32 bits per heavy atom. The van der Waals surface area contributed by atoms with Crippen molar-refractivity contribution in [3.63, 3.8) is 0 Å². The number of benzene rings is 3. The first kappa shape index (κ1) is 23.0. The van der Waals surface area contributed by atoms with Gasteiger partial charge in [-0.25, -0.2) is 9.37 Å². The van der Waals surface area contributed by atoms with E-state index in [4.69, 9.17) is 23.7 Å². The highest BCUT2D eigenvalue weighted by Gasteiger charge is 2.22. The first-order chi connectivity index (χ1) is 16.5. The Balaban J connectivity index is 1.98. The maximum Gasteiger partial charge on any atom is 0.203 e. The average Bonchev–Trinajstić information content (AvgIpc) is 3.32. The zero-order valence-electron chi connectivity index (χ0n) is 19.6. The Labute approximate surface area is 197 Å². The van der Waals surface area contributed by atoms with Gasteiger partial charge in [0.1, 0.15) is 12.1 Å². The van der Waals surface area contributed by atoms with Crippen molar-refractivity contribution < 1.29 is 28.1 Å². The fourth-order valence-corrected chi connectivity index (χ4v) is 3.81. The molecule has 0 saturated heterocycles. The molecule has 34 heavy (non-hydrogen) atoms. The zero-order chi connectivity index (χ0) is 24.2. The summed E-state index contributed by atoms with van der Waals surface area (Å²) in [7, 11) is 7.71. The summed E-state index contributed by atoms with van der Waals surface area (Å²) in [6, 6.07) is 16.0. The van der Waals surface area contributed by atoms with Crippen molar-refractivity contribution in [3.8, 4) is 56.9 Å². The minimum Gasteiger partial charge on any atom is -0.497 e. The van der Waals surface area contributed by atoms with Gasteiger partial charge in [-0.3, -0.25) is 4.57 Å². The molecule has 7 nitrogen and oxygen atoms in total. The number of hydrogen-bond acceptors (Lipinski definition) is 6. The highest BCUT2D eigenvalue weighted by molar-refractivity contribution is 5.82. The van der Waals surface area contributed by atoms with Gasteiger partial charge in [-0.15, -0.1) is 0 Å². The summed E-state index contributed by atoms with van der Waals surface area (Å²) in [5.41, 5.74) is 3.47. The first-order valence-electron chi connectivity index (χ1n) is 10.4. The van der Waals surface area contributed by atoms with Gasteiger partial charge in [0.05, 0.1) is 46.9 Å². The molecular weight excluding hydrogens is 439 g/mol. The van der Waals surface area contributed by atoms with E-state index in [-0.39, 0.29) is 5.75 Å². The lowest BCUT2D eigenvalue weighted by Crippen LogP contribution is -2.00. The average molecular weight is 464 g/mol. The lowest BCUT2D eigenvalue weighted by molar-refractivity contribution is 0.324. The molecule has 0 amide bonds. The predicted octanol–water partition coefficient (Wildman–Crippen LogP) is 5.39. The third-order valence-corrected chi connectivity index (χ3v) is 5.48. The molecule has 4 rings (SSSR count). The molecular formula is C26H25FN2O5. The van der Waals surface area contributed by atoms with E-state index in [0.29, 0.717) is 34.2 Å². The van der Waals surface area contributed by atoms with Crippen LogP contribution in [0, 0.1) is 5.82 Å². The van der Waals surface area contributed by atoms with Gasteiger partial charge < -0.3 is 23.7 Å². The van der Waals surface area contributed by atoms with E-state index >= 15 is 0 Å². The number of aromatic nitrogens is 2. The van der Waals surface area contributed by atoms with E-state index in [2.05, 4.69) is 4.98 Å². The van der Waals surface area contributed by atoms with Gasteiger partial charge >= 0.3 is 0 Å². The molecule has 0 aliphatic heterocycles. The Morgan fingerprint density at radius 1 is 0.676 bits per heavy atom. The van der Waals surface area contributed by atoms with E-state index < -0.39 is 5.82 Å². The maximum atomic E-state index is 14.6. The van der Waals surface area contributed by atoms with Crippen LogP contribution in [0.4, 0.5) is 4.39 Å². The predicted molar refractivity (Wildman–Crippen MR) is 127 cm³/mol. The quantitative estimate of drug-likeness (QED) is 0.349. The van der Waals surface area contributed by atoms with E-state index in [9.17, 15) is 4.39 Å². The molecule has 4 aromatic rings. The van der Waals surface area contributed by atoms with Crippen molar-refractivity contribution in [1.29, 1.82) is 0 Å². The number of methoxy groups -OCH3 is 5. The normalized spacial score (nSPS) is 10.6. The van der Waals surface area contributed by atoms with Crippen LogP contribution in [-0.4, -0.2) is 45.1 Å². The number of nitrogens with zero attached hydrogens (tertiary/aromatic N) is 2. The molecule has 176 valence electrons. The monoisotopic (exact) mass is 464 g/mol. The first-order valence-corrected chi connectivity index (χ1v) is 10.4. The van der Waals surface area contributed by atoms with Crippen molar-refractivity contribution >= 4 is 0 Å². The van der Waals surface area contributed by atoms with Crippen LogP contribution in [0.1, 0.15) is 0 Å². The second kappa shape index (κ2) is 9.74. The van der Waals surface area contributed by atoms with Gasteiger partial charge in [-0.2, -0.15) is 0 Å². The molecule has 0 aliphatic carbocycles. The van der Waals surface area contributed by atoms with Crippen LogP contribution in [-0.2, 0) is 0 Å². The Hall–Kier alpha value is -4.20. The van der Waals surface area contributed by atoms with Crippen molar-refractivity contribution in [2.45, 2.75) is 0 Å². The van der Waals surface area contributed by atoms with E-state index in [0.717, 1.165) is 17.0 Å². The standard InChI is InChI=1S/C26H25FN2O5/c1-30-19-9-7-18(8-10-19)29-15-28-24(16-6-11-21(31-2)20(27)12-16)25(29)17-13-22(32-3)26(34-5)23(14-17)33-4/h6-15H,1-5H3. The van der Waals surface area contributed by atoms with Crippen LogP contribution in [0.2, 0.25) is 0 Å². The molecule has 0 aliphatic rings. The summed E-state index contributed by atoms with van der Waals surface area (Å²) in [6.45, 7) is 0. The lowest BCUT2D eigenvalue weighted by Gasteiger charge is -2.16. The van der Waals surface area contributed by atoms with Crippen molar-refractivity contribution in [2.24, 2.45) is 0 Å². The molecule has 1 aromatic heterocycles. The molecule has 0 N–H and O–H groups in total. The maximum absolute atomic E-state index is 14.6. The summed E-state index contributed by atoms with van der Waals surface area (Å²) in [5.74, 6) is 1.87. The van der Waals surface area contributed by atoms with Gasteiger partial charge in [0, 0.05) is 16.8 Å². The van der Waals surface area contributed by atoms with E-state index in [1.807, 2.05) is 41.0 Å². The molecule has 0 atom stereocenters. The highest BCUT2D eigenvalue weighted by atomic mass is 19.1. The fourth-order valence-electron chi connectivity index (χ4n) is 3.81. The largest absolute Gasteiger partial charge is 0.497 e. The third kappa shape index (κ3) is 4.10. The van der Waals surface area contributed by atoms with Crippen LogP contribution in [0.3, 0.4) is 0 Å². The smallest absolute Gasteiger partial charge is 0.203 e. The van der Waals surface area contributed by atoms with Crippen molar-refractivity contribution in [2.75, 3.05) is 35.5 Å². The van der Waals surface area contributed by atoms with Gasteiger partial charge in [0.15, 0.2) is 23.1 Å². The lowest BCUT2D eigenvalue weighted by atomic mass is 10.0. The number of hydrogen-bond donors (Lipinski definition) is 0. The van der Waals surface area contributed by atoms with E-state index in [1.165, 1.54) is 13.2 Å². The summed E-state index contributed by atoms with van der Waals surface area (Å²) in [4.78, 5) is 4.64. The Kier molecular flexibility index (Phi) is 6.58. The molecule has 0 unspecified atom stereocenters. The van der Waals surface area contributed by atoms with Gasteiger partial charge in [-0.05, 0) is 54.6 Å². The van der Waals surface area contributed by atoms with Crippen LogP contribution in [0.15, 0.2) is 60.9 Å². The fraction of sp³-hybridized carbons (Fsp3) is 0.192. The second-order valence-corrected chi connectivity index (χ2v) is 7.27. The number of imidazole rings is 1. The Morgan fingerprint density at radius 3 is 1.85 bits per heavy atom. The summed E-state index contributed by atoms with van der Waals surface area (Å²) in [5, 5.41) is 0. The van der Waals surface area contributed by atoms with Gasteiger partial charge in [0.2, 0.25) is 5.75 Å².